The largest absolute Gasteiger partial charge is 0.387 e. The van der Waals surface area contributed by atoms with Crippen LogP contribution in [0.4, 0.5) is 5.95 Å². The van der Waals surface area contributed by atoms with Gasteiger partial charge in [-0.15, -0.1) is 0 Å². The van der Waals surface area contributed by atoms with Crippen LogP contribution in [0.3, 0.4) is 0 Å². The molecule has 0 amide bonds. The highest BCUT2D eigenvalue weighted by molar-refractivity contribution is 5.28. The number of hydrogen-bond donors (Lipinski definition) is 2. The highest BCUT2D eigenvalue weighted by atomic mass is 16.3. The first-order valence-corrected chi connectivity index (χ1v) is 6.88. The Kier molecular flexibility index (Phi) is 3.94. The maximum atomic E-state index is 10.2. The molecule has 2 heterocycles. The van der Waals surface area contributed by atoms with Crippen LogP contribution in [0, 0.1) is 0 Å². The van der Waals surface area contributed by atoms with Crippen LogP contribution in [0.25, 0.3) is 0 Å². The summed E-state index contributed by atoms with van der Waals surface area (Å²) in [5.41, 5.74) is 0.977. The molecular weight excluding hydrogens is 254 g/mol. The average molecular weight is 273 g/mol. The number of benzene rings is 1. The predicted molar refractivity (Wildman–Crippen MR) is 76.4 cm³/mol. The summed E-state index contributed by atoms with van der Waals surface area (Å²) in [4.78, 5) is 8.63. The topological polar surface area (TPSA) is 68.3 Å². The molecule has 0 radical (unpaired) electrons. The van der Waals surface area contributed by atoms with Gasteiger partial charge in [0.05, 0.1) is 6.10 Å². The molecule has 0 bridgehead atoms. The lowest BCUT2D eigenvalue weighted by molar-refractivity contribution is 0.109. The zero-order valence-corrected chi connectivity index (χ0v) is 11.3. The number of H-pyrrole nitrogens is 1. The molecule has 1 aliphatic heterocycles. The molecule has 1 aliphatic rings. The monoisotopic (exact) mass is 273 g/mol. The number of nitrogens with zero attached hydrogens (tertiary/aromatic N) is 4. The number of aliphatic hydroxyl groups is 1. The summed E-state index contributed by atoms with van der Waals surface area (Å²) < 4.78 is 0. The van der Waals surface area contributed by atoms with E-state index in [4.69, 9.17) is 0 Å². The SMILES string of the molecule is O[C@@H](CN1CCN(c2ncn[nH]2)CC1)c1ccccc1. The van der Waals surface area contributed by atoms with Crippen molar-refractivity contribution in [1.82, 2.24) is 20.1 Å². The minimum absolute atomic E-state index is 0.423. The first-order valence-electron chi connectivity index (χ1n) is 6.88. The van der Waals surface area contributed by atoms with E-state index in [1.807, 2.05) is 30.3 Å². The molecule has 106 valence electrons. The van der Waals surface area contributed by atoms with Gasteiger partial charge in [-0.1, -0.05) is 30.3 Å². The van der Waals surface area contributed by atoms with Crippen molar-refractivity contribution in [2.24, 2.45) is 0 Å². The van der Waals surface area contributed by atoms with Gasteiger partial charge in [-0.3, -0.25) is 4.90 Å². The third-order valence-electron chi connectivity index (χ3n) is 3.69. The maximum absolute atomic E-state index is 10.2. The Balaban J connectivity index is 1.51. The maximum Gasteiger partial charge on any atom is 0.221 e. The molecule has 1 fully saturated rings. The Hall–Kier alpha value is -1.92. The molecule has 0 saturated carbocycles. The number of anilines is 1. The van der Waals surface area contributed by atoms with Gasteiger partial charge in [0.1, 0.15) is 6.33 Å². The van der Waals surface area contributed by atoms with Gasteiger partial charge in [-0.2, -0.15) is 10.1 Å². The highest BCUT2D eigenvalue weighted by Crippen LogP contribution is 2.16. The van der Waals surface area contributed by atoms with Gasteiger partial charge in [0.2, 0.25) is 5.95 Å². The summed E-state index contributed by atoms with van der Waals surface area (Å²) in [6.45, 7) is 4.32. The number of piperazine rings is 1. The van der Waals surface area contributed by atoms with Crippen LogP contribution in [0.15, 0.2) is 36.7 Å². The number of rotatable bonds is 4. The van der Waals surface area contributed by atoms with Crippen molar-refractivity contribution in [3.8, 4) is 0 Å². The third kappa shape index (κ3) is 2.97. The molecule has 1 saturated heterocycles. The van der Waals surface area contributed by atoms with Crippen LogP contribution in [-0.2, 0) is 0 Å². The first-order chi connectivity index (χ1) is 9.83. The Labute approximate surface area is 118 Å². The molecule has 1 aromatic heterocycles. The predicted octanol–water partition coefficient (Wildman–Crippen LogP) is 0.660. The van der Waals surface area contributed by atoms with Crippen LogP contribution in [0.5, 0.6) is 0 Å². The molecule has 6 nitrogen and oxygen atoms in total. The smallest absolute Gasteiger partial charge is 0.221 e. The number of aromatic amines is 1. The Bertz CT molecular complexity index is 508. The van der Waals surface area contributed by atoms with Gasteiger partial charge in [-0.25, -0.2) is 5.10 Å². The second-order valence-electron chi connectivity index (χ2n) is 5.02. The van der Waals surface area contributed by atoms with Gasteiger partial charge in [-0.05, 0) is 5.56 Å². The van der Waals surface area contributed by atoms with E-state index in [0.29, 0.717) is 6.54 Å². The van der Waals surface area contributed by atoms with E-state index < -0.39 is 6.10 Å². The lowest BCUT2D eigenvalue weighted by atomic mass is 10.1. The van der Waals surface area contributed by atoms with Crippen molar-refractivity contribution >= 4 is 5.95 Å². The second-order valence-corrected chi connectivity index (χ2v) is 5.02. The summed E-state index contributed by atoms with van der Waals surface area (Å²) in [5.74, 6) is 0.827. The van der Waals surface area contributed by atoms with E-state index in [1.165, 1.54) is 6.33 Å². The molecule has 0 aliphatic carbocycles. The molecule has 0 unspecified atom stereocenters. The standard InChI is InChI=1S/C14H19N5O/c20-13(12-4-2-1-3-5-12)10-18-6-8-19(9-7-18)14-15-11-16-17-14/h1-5,11,13,20H,6-10H2,(H,15,16,17)/t13-/m0/s1. The first kappa shape index (κ1) is 13.1. The third-order valence-corrected chi connectivity index (χ3v) is 3.69. The molecule has 2 aromatic rings. The normalized spacial score (nSPS) is 18.1. The van der Waals surface area contributed by atoms with Crippen LogP contribution in [0.2, 0.25) is 0 Å². The van der Waals surface area contributed by atoms with Crippen LogP contribution in [0.1, 0.15) is 11.7 Å². The summed E-state index contributed by atoms with van der Waals surface area (Å²) in [5, 5.41) is 17.0. The average Bonchev–Trinajstić information content (AvgIpc) is 3.03. The summed E-state index contributed by atoms with van der Waals surface area (Å²) in [7, 11) is 0. The van der Waals surface area contributed by atoms with Crippen molar-refractivity contribution in [2.75, 3.05) is 37.6 Å². The van der Waals surface area contributed by atoms with E-state index in [0.717, 1.165) is 37.7 Å². The molecular formula is C14H19N5O. The fourth-order valence-corrected chi connectivity index (χ4v) is 2.52. The fraction of sp³-hybridized carbons (Fsp3) is 0.429. The molecule has 1 aromatic carbocycles. The van der Waals surface area contributed by atoms with Crippen LogP contribution in [-0.4, -0.2) is 57.9 Å². The summed E-state index contributed by atoms with van der Waals surface area (Å²) >= 11 is 0. The van der Waals surface area contributed by atoms with E-state index in [-0.39, 0.29) is 0 Å². The number of aliphatic hydroxyl groups excluding tert-OH is 1. The Morgan fingerprint density at radius 3 is 2.55 bits per heavy atom. The van der Waals surface area contributed by atoms with Crippen molar-refractivity contribution in [1.29, 1.82) is 0 Å². The molecule has 6 heteroatoms. The van der Waals surface area contributed by atoms with Crippen molar-refractivity contribution < 1.29 is 5.11 Å². The van der Waals surface area contributed by atoms with Gasteiger partial charge < -0.3 is 10.0 Å². The molecule has 20 heavy (non-hydrogen) atoms. The Morgan fingerprint density at radius 2 is 1.90 bits per heavy atom. The number of hydrogen-bond acceptors (Lipinski definition) is 5. The van der Waals surface area contributed by atoms with E-state index in [2.05, 4.69) is 25.0 Å². The lowest BCUT2D eigenvalue weighted by Gasteiger charge is -2.35. The van der Waals surface area contributed by atoms with Gasteiger partial charge in [0.25, 0.3) is 0 Å². The van der Waals surface area contributed by atoms with E-state index in [1.54, 1.807) is 0 Å². The van der Waals surface area contributed by atoms with Gasteiger partial charge >= 0.3 is 0 Å². The minimum atomic E-state index is -0.423. The van der Waals surface area contributed by atoms with Crippen molar-refractivity contribution in [3.05, 3.63) is 42.2 Å². The number of β-amino-alcohol motifs (C(OH)–C–C–N with tert-alkyl or cyclic N) is 1. The van der Waals surface area contributed by atoms with Crippen LogP contribution >= 0.6 is 0 Å². The zero-order valence-electron chi connectivity index (χ0n) is 11.3. The minimum Gasteiger partial charge on any atom is -0.387 e. The van der Waals surface area contributed by atoms with Gasteiger partial charge in [0, 0.05) is 32.7 Å². The quantitative estimate of drug-likeness (QED) is 0.856. The molecule has 3 rings (SSSR count). The molecule has 2 N–H and O–H groups in total. The van der Waals surface area contributed by atoms with Crippen molar-refractivity contribution in [3.63, 3.8) is 0 Å². The van der Waals surface area contributed by atoms with E-state index >= 15 is 0 Å². The molecule has 1 atom stereocenters. The fourth-order valence-electron chi connectivity index (χ4n) is 2.52. The zero-order chi connectivity index (χ0) is 13.8. The number of aromatic nitrogens is 3. The Morgan fingerprint density at radius 1 is 1.15 bits per heavy atom. The summed E-state index contributed by atoms with van der Waals surface area (Å²) in [6, 6.07) is 9.82. The molecule has 0 spiro atoms. The van der Waals surface area contributed by atoms with Crippen molar-refractivity contribution in [2.45, 2.75) is 6.10 Å². The van der Waals surface area contributed by atoms with Crippen LogP contribution < -0.4 is 4.90 Å². The number of nitrogens with one attached hydrogen (secondary N) is 1. The second kappa shape index (κ2) is 6.02. The lowest BCUT2D eigenvalue weighted by Crippen LogP contribution is -2.47. The van der Waals surface area contributed by atoms with Gasteiger partial charge in [0.15, 0.2) is 0 Å². The van der Waals surface area contributed by atoms with E-state index in [9.17, 15) is 5.11 Å². The summed E-state index contributed by atoms with van der Waals surface area (Å²) in [6.07, 6.45) is 1.11. The highest BCUT2D eigenvalue weighted by Gasteiger charge is 2.21.